The predicted molar refractivity (Wildman–Crippen MR) is 101 cm³/mol. The van der Waals surface area contributed by atoms with Crippen LogP contribution in [0.15, 0.2) is 36.4 Å². The number of nitrogens with one attached hydrogen (secondary N) is 1. The molecule has 4 aromatic rings. The largest absolute Gasteiger partial charge is 0.316 e. The number of para-hydroxylation sites is 1. The average Bonchev–Trinajstić information content (AvgIpc) is 3.19. The van der Waals surface area contributed by atoms with Gasteiger partial charge in [0.25, 0.3) is 11.7 Å². The number of nitrogens with zero attached hydrogens (tertiary/aromatic N) is 6. The van der Waals surface area contributed by atoms with Crippen LogP contribution in [0.5, 0.6) is 0 Å². The first kappa shape index (κ1) is 16.9. The number of hydrogen-bond donors (Lipinski definition) is 1. The molecule has 0 bridgehead atoms. The van der Waals surface area contributed by atoms with Gasteiger partial charge in [0, 0.05) is 11.4 Å². The molecule has 8 nitrogen and oxygen atoms in total. The van der Waals surface area contributed by atoms with Gasteiger partial charge in [0.2, 0.25) is 5.82 Å². The van der Waals surface area contributed by atoms with Crippen LogP contribution in [-0.4, -0.2) is 35.3 Å². The van der Waals surface area contributed by atoms with Crippen molar-refractivity contribution in [2.24, 2.45) is 0 Å². The van der Waals surface area contributed by atoms with Crippen molar-refractivity contribution in [3.8, 4) is 5.69 Å². The Morgan fingerprint density at radius 3 is 2.48 bits per heavy atom. The monoisotopic (exact) mass is 361 g/mol. The predicted octanol–water partition coefficient (Wildman–Crippen LogP) is 2.80. The lowest BCUT2D eigenvalue weighted by molar-refractivity contribution is 0.101. The summed E-state index contributed by atoms with van der Waals surface area (Å²) < 4.78 is 3.37. The van der Waals surface area contributed by atoms with Crippen LogP contribution in [0.4, 0.5) is 5.69 Å². The Labute approximate surface area is 155 Å². The maximum absolute atomic E-state index is 12.7. The second-order valence-corrected chi connectivity index (χ2v) is 6.43. The molecule has 3 aromatic heterocycles. The molecule has 8 heteroatoms. The van der Waals surface area contributed by atoms with E-state index in [2.05, 4.69) is 25.5 Å². The van der Waals surface area contributed by atoms with Crippen LogP contribution in [-0.2, 0) is 0 Å². The first-order chi connectivity index (χ1) is 12.9. The van der Waals surface area contributed by atoms with Crippen LogP contribution < -0.4 is 5.32 Å². The van der Waals surface area contributed by atoms with Gasteiger partial charge in [-0.2, -0.15) is 10.1 Å². The topological polar surface area (TPSA) is 90.0 Å². The normalized spacial score (nSPS) is 11.1. The lowest BCUT2D eigenvalue weighted by atomic mass is 10.3. The van der Waals surface area contributed by atoms with E-state index in [1.807, 2.05) is 64.1 Å². The molecule has 1 N–H and O–H groups in total. The molecule has 0 fully saturated rings. The van der Waals surface area contributed by atoms with E-state index in [0.717, 1.165) is 28.5 Å². The zero-order valence-electron chi connectivity index (χ0n) is 15.6. The summed E-state index contributed by atoms with van der Waals surface area (Å²) in [6, 6.07) is 11.7. The third kappa shape index (κ3) is 2.95. The molecular weight excluding hydrogens is 342 g/mol. The van der Waals surface area contributed by atoms with Crippen LogP contribution in [0.1, 0.15) is 33.4 Å². The molecule has 1 amide bonds. The molecule has 0 aliphatic carbocycles. The minimum Gasteiger partial charge on any atom is -0.316 e. The van der Waals surface area contributed by atoms with Crippen molar-refractivity contribution < 1.29 is 4.79 Å². The van der Waals surface area contributed by atoms with Gasteiger partial charge in [0.15, 0.2) is 0 Å². The van der Waals surface area contributed by atoms with Crippen LogP contribution in [0.2, 0.25) is 0 Å². The highest BCUT2D eigenvalue weighted by Crippen LogP contribution is 2.23. The number of aromatic nitrogens is 6. The summed E-state index contributed by atoms with van der Waals surface area (Å²) in [5.74, 6) is 0.0879. The van der Waals surface area contributed by atoms with E-state index >= 15 is 0 Å². The van der Waals surface area contributed by atoms with Gasteiger partial charge in [-0.25, -0.2) is 14.2 Å². The molecular formula is C19H19N7O. The van der Waals surface area contributed by atoms with E-state index < -0.39 is 5.91 Å². The molecule has 0 unspecified atom stereocenters. The van der Waals surface area contributed by atoms with Gasteiger partial charge in [0.1, 0.15) is 0 Å². The molecule has 0 radical (unpaired) electrons. The molecule has 0 atom stereocenters. The highest BCUT2D eigenvalue weighted by molar-refractivity contribution is 6.02. The number of hydrogen-bond acceptors (Lipinski definition) is 5. The summed E-state index contributed by atoms with van der Waals surface area (Å²) in [6.07, 6.45) is 0. The first-order valence-electron chi connectivity index (χ1n) is 8.58. The standard InChI is InChI=1S/C19H19N7O/c1-11-10-12(2)25-19(20-11)22-17(24-25)18(27)21-16-13(3)23-26(14(16)4)15-8-6-5-7-9-15/h5-10H,1-4H3,(H,21,27). The highest BCUT2D eigenvalue weighted by atomic mass is 16.2. The SMILES string of the molecule is Cc1cc(C)n2nc(C(=O)Nc3c(C)nn(-c4ccccc4)c3C)nc2n1. The third-order valence-corrected chi connectivity index (χ3v) is 4.35. The Hall–Kier alpha value is -3.55. The zero-order valence-corrected chi connectivity index (χ0v) is 15.6. The molecule has 27 heavy (non-hydrogen) atoms. The number of amides is 1. The number of fused-ring (bicyclic) bond motifs is 1. The van der Waals surface area contributed by atoms with Crippen molar-refractivity contribution in [2.75, 3.05) is 5.32 Å². The average molecular weight is 361 g/mol. The Bertz CT molecular complexity index is 1160. The van der Waals surface area contributed by atoms with Crippen molar-refractivity contribution in [2.45, 2.75) is 27.7 Å². The zero-order chi connectivity index (χ0) is 19.1. The highest BCUT2D eigenvalue weighted by Gasteiger charge is 2.20. The summed E-state index contributed by atoms with van der Waals surface area (Å²) in [5.41, 5.74) is 4.84. The van der Waals surface area contributed by atoms with E-state index in [0.29, 0.717) is 11.5 Å². The van der Waals surface area contributed by atoms with Crippen LogP contribution in [0.3, 0.4) is 0 Å². The third-order valence-electron chi connectivity index (χ3n) is 4.35. The summed E-state index contributed by atoms with van der Waals surface area (Å²) in [7, 11) is 0. The molecule has 0 saturated carbocycles. The van der Waals surface area contributed by atoms with Crippen LogP contribution in [0.25, 0.3) is 11.5 Å². The van der Waals surface area contributed by atoms with E-state index in [9.17, 15) is 4.79 Å². The van der Waals surface area contributed by atoms with Gasteiger partial charge in [-0.3, -0.25) is 4.79 Å². The number of anilines is 1. The number of carbonyl (C=O) groups is 1. The summed E-state index contributed by atoms with van der Waals surface area (Å²) in [6.45, 7) is 7.55. The second kappa shape index (κ2) is 6.31. The summed E-state index contributed by atoms with van der Waals surface area (Å²) in [5, 5.41) is 11.7. The van der Waals surface area contributed by atoms with Gasteiger partial charge < -0.3 is 5.32 Å². The molecule has 4 rings (SSSR count). The van der Waals surface area contributed by atoms with E-state index in [1.54, 1.807) is 9.20 Å². The summed E-state index contributed by atoms with van der Waals surface area (Å²) >= 11 is 0. The fraction of sp³-hybridized carbons (Fsp3) is 0.211. The van der Waals surface area contributed by atoms with Crippen molar-refractivity contribution in [1.82, 2.24) is 29.4 Å². The van der Waals surface area contributed by atoms with Gasteiger partial charge in [-0.1, -0.05) is 18.2 Å². The Kier molecular flexibility index (Phi) is 3.95. The molecule has 0 aliphatic heterocycles. The Balaban J connectivity index is 1.68. The van der Waals surface area contributed by atoms with Gasteiger partial charge in [-0.15, -0.1) is 5.10 Å². The van der Waals surface area contributed by atoms with Crippen molar-refractivity contribution in [3.05, 3.63) is 65.0 Å². The number of aryl methyl sites for hydroxylation is 3. The van der Waals surface area contributed by atoms with E-state index in [4.69, 9.17) is 0 Å². The lowest BCUT2D eigenvalue weighted by Crippen LogP contribution is -2.15. The Morgan fingerprint density at radius 2 is 1.74 bits per heavy atom. The Morgan fingerprint density at radius 1 is 1.00 bits per heavy atom. The fourth-order valence-electron chi connectivity index (χ4n) is 3.08. The van der Waals surface area contributed by atoms with Crippen molar-refractivity contribution >= 4 is 17.4 Å². The number of rotatable bonds is 3. The number of benzene rings is 1. The molecule has 136 valence electrons. The van der Waals surface area contributed by atoms with Gasteiger partial charge >= 0.3 is 0 Å². The molecule has 3 heterocycles. The maximum atomic E-state index is 12.7. The van der Waals surface area contributed by atoms with Gasteiger partial charge in [-0.05, 0) is 45.9 Å². The van der Waals surface area contributed by atoms with Gasteiger partial charge in [0.05, 0.1) is 22.8 Å². The van der Waals surface area contributed by atoms with Crippen LogP contribution in [0, 0.1) is 27.7 Å². The first-order valence-corrected chi connectivity index (χ1v) is 8.58. The molecule has 0 saturated heterocycles. The number of carbonyl (C=O) groups excluding carboxylic acids is 1. The second-order valence-electron chi connectivity index (χ2n) is 6.43. The smallest absolute Gasteiger partial charge is 0.295 e. The van der Waals surface area contributed by atoms with E-state index in [-0.39, 0.29) is 5.82 Å². The quantitative estimate of drug-likeness (QED) is 0.606. The summed E-state index contributed by atoms with van der Waals surface area (Å²) in [4.78, 5) is 21.3. The van der Waals surface area contributed by atoms with Crippen molar-refractivity contribution in [1.29, 1.82) is 0 Å². The lowest BCUT2D eigenvalue weighted by Gasteiger charge is -2.05. The minimum atomic E-state index is -0.392. The van der Waals surface area contributed by atoms with Crippen LogP contribution >= 0.6 is 0 Å². The molecule has 0 spiro atoms. The maximum Gasteiger partial charge on any atom is 0.295 e. The fourth-order valence-corrected chi connectivity index (χ4v) is 3.08. The molecule has 1 aromatic carbocycles. The minimum absolute atomic E-state index is 0.0717. The molecule has 0 aliphatic rings. The van der Waals surface area contributed by atoms with E-state index in [1.165, 1.54) is 0 Å². The van der Waals surface area contributed by atoms with Crippen molar-refractivity contribution in [3.63, 3.8) is 0 Å².